The van der Waals surface area contributed by atoms with E-state index in [2.05, 4.69) is 0 Å². The fourth-order valence-electron chi connectivity index (χ4n) is 0.281. The minimum atomic E-state index is -0.938. The van der Waals surface area contributed by atoms with Crippen molar-refractivity contribution in [1.29, 1.82) is 0 Å². The summed E-state index contributed by atoms with van der Waals surface area (Å²) in [5.74, 6) is -0.938. The molecule has 46 valence electrons. The van der Waals surface area contributed by atoms with Crippen molar-refractivity contribution in [2.24, 2.45) is 0 Å². The second kappa shape index (κ2) is 4.59. The summed E-state index contributed by atoms with van der Waals surface area (Å²) in [6.45, 7) is 0.944. The van der Waals surface area contributed by atoms with Crippen molar-refractivity contribution in [2.45, 2.75) is 12.8 Å². The molecule has 0 aromatic rings. The van der Waals surface area contributed by atoms with E-state index >= 15 is 0 Å². The molecule has 0 bridgehead atoms. The molecule has 0 saturated heterocycles. The van der Waals surface area contributed by atoms with E-state index in [0.29, 0.717) is 12.8 Å². The second-order valence-electron chi connectivity index (χ2n) is 1.30. The van der Waals surface area contributed by atoms with Crippen LogP contribution in [0.25, 0.3) is 0 Å². The van der Waals surface area contributed by atoms with E-state index in [-0.39, 0.29) is 0 Å². The van der Waals surface area contributed by atoms with E-state index in [9.17, 15) is 4.79 Å². The number of aliphatic hydroxyl groups is 1. The Hall–Kier alpha value is -0.570. The highest BCUT2D eigenvalue weighted by molar-refractivity contribution is 5.76. The fourth-order valence-corrected chi connectivity index (χ4v) is 0.281. The van der Waals surface area contributed by atoms with Gasteiger partial charge < -0.3 is 10.2 Å². The van der Waals surface area contributed by atoms with Crippen LogP contribution in [-0.4, -0.2) is 16.2 Å². The Kier molecular flexibility index (Phi) is 4.26. The SMILES string of the molecule is O=C(O)[CH]CC[CH]O. The first-order chi connectivity index (χ1) is 3.77. The summed E-state index contributed by atoms with van der Waals surface area (Å²) < 4.78 is 0. The zero-order valence-electron chi connectivity index (χ0n) is 4.37. The highest BCUT2D eigenvalue weighted by atomic mass is 16.4. The van der Waals surface area contributed by atoms with Crippen molar-refractivity contribution in [3.05, 3.63) is 13.0 Å². The topological polar surface area (TPSA) is 57.5 Å². The van der Waals surface area contributed by atoms with Crippen LogP contribution in [0.5, 0.6) is 0 Å². The average Bonchev–Trinajstić information content (AvgIpc) is 1.66. The molecule has 0 fully saturated rings. The molecule has 2 N–H and O–H groups in total. The van der Waals surface area contributed by atoms with Gasteiger partial charge >= 0.3 is 5.97 Å². The van der Waals surface area contributed by atoms with Gasteiger partial charge in [-0.05, 0) is 12.8 Å². The third-order valence-electron chi connectivity index (χ3n) is 0.615. The zero-order chi connectivity index (χ0) is 6.41. The number of hydrogen-bond acceptors (Lipinski definition) is 2. The van der Waals surface area contributed by atoms with Gasteiger partial charge in [0, 0.05) is 0 Å². The van der Waals surface area contributed by atoms with Crippen molar-refractivity contribution >= 4 is 5.97 Å². The normalized spacial score (nSPS) is 9.12. The molecule has 0 unspecified atom stereocenters. The Morgan fingerprint density at radius 1 is 1.50 bits per heavy atom. The maximum absolute atomic E-state index is 9.72. The average molecular weight is 116 g/mol. The highest BCUT2D eigenvalue weighted by Gasteiger charge is 1.94. The summed E-state index contributed by atoms with van der Waals surface area (Å²) in [7, 11) is 0. The first-order valence-electron chi connectivity index (χ1n) is 2.29. The smallest absolute Gasteiger partial charge is 0.307 e. The quantitative estimate of drug-likeness (QED) is 0.528. The number of carbonyl (C=O) groups is 1. The molecule has 0 atom stereocenters. The maximum Gasteiger partial charge on any atom is 0.307 e. The fraction of sp³-hybridized carbons (Fsp3) is 0.400. The number of aliphatic hydroxyl groups excluding tert-OH is 1. The first kappa shape index (κ1) is 7.43. The van der Waals surface area contributed by atoms with Gasteiger partial charge in [0.2, 0.25) is 0 Å². The monoisotopic (exact) mass is 116 g/mol. The van der Waals surface area contributed by atoms with Gasteiger partial charge in [0.25, 0.3) is 0 Å². The number of aliphatic carboxylic acids is 1. The van der Waals surface area contributed by atoms with E-state index in [0.717, 1.165) is 13.0 Å². The second-order valence-corrected chi connectivity index (χ2v) is 1.30. The van der Waals surface area contributed by atoms with Gasteiger partial charge in [0.1, 0.15) is 0 Å². The van der Waals surface area contributed by atoms with Gasteiger partial charge in [-0.15, -0.1) is 0 Å². The minimum absolute atomic E-state index is 0.395. The molecule has 0 rings (SSSR count). The first-order valence-corrected chi connectivity index (χ1v) is 2.29. The summed E-state index contributed by atoms with van der Waals surface area (Å²) in [4.78, 5) is 9.72. The van der Waals surface area contributed by atoms with Crippen LogP contribution in [0.2, 0.25) is 0 Å². The summed E-state index contributed by atoms with van der Waals surface area (Å²) >= 11 is 0. The molecule has 0 heterocycles. The molecule has 8 heavy (non-hydrogen) atoms. The van der Waals surface area contributed by atoms with Crippen molar-refractivity contribution < 1.29 is 15.0 Å². The summed E-state index contributed by atoms with van der Waals surface area (Å²) in [6.07, 6.45) is 1.91. The lowest BCUT2D eigenvalue weighted by Gasteiger charge is -1.88. The number of hydrogen-bond donors (Lipinski definition) is 2. The number of rotatable bonds is 4. The lowest BCUT2D eigenvalue weighted by atomic mass is 10.2. The van der Waals surface area contributed by atoms with E-state index in [1.165, 1.54) is 0 Å². The molecule has 2 radical (unpaired) electrons. The van der Waals surface area contributed by atoms with Gasteiger partial charge in [0.05, 0.1) is 13.0 Å². The van der Waals surface area contributed by atoms with Crippen LogP contribution in [-0.2, 0) is 4.79 Å². The maximum atomic E-state index is 9.72. The van der Waals surface area contributed by atoms with E-state index < -0.39 is 5.97 Å². The van der Waals surface area contributed by atoms with Gasteiger partial charge in [-0.1, -0.05) is 0 Å². The lowest BCUT2D eigenvalue weighted by molar-refractivity contribution is -0.133. The third-order valence-corrected chi connectivity index (χ3v) is 0.615. The summed E-state index contributed by atoms with van der Waals surface area (Å²) in [6, 6.07) is 0. The Morgan fingerprint density at radius 3 is 2.50 bits per heavy atom. The van der Waals surface area contributed by atoms with Crippen LogP contribution in [0.4, 0.5) is 0 Å². The van der Waals surface area contributed by atoms with Gasteiger partial charge in [-0.2, -0.15) is 0 Å². The predicted octanol–water partition coefficient (Wildman–Crippen LogP) is 0.590. The standard InChI is InChI=1S/C5H8O3/c6-4-2-1-3-5(7)8/h3-4,6H,1-2H2,(H,7,8). The lowest BCUT2D eigenvalue weighted by Crippen LogP contribution is -1.94. The Labute approximate surface area is 47.9 Å². The highest BCUT2D eigenvalue weighted by Crippen LogP contribution is 1.93. The molecule has 0 aliphatic rings. The Balaban J connectivity index is 2.82. The molecule has 0 amide bonds. The van der Waals surface area contributed by atoms with Crippen LogP contribution in [0.15, 0.2) is 0 Å². The molecule has 3 nitrogen and oxygen atoms in total. The van der Waals surface area contributed by atoms with Crippen molar-refractivity contribution in [2.75, 3.05) is 0 Å². The van der Waals surface area contributed by atoms with Crippen molar-refractivity contribution in [3.8, 4) is 0 Å². The van der Waals surface area contributed by atoms with Crippen LogP contribution in [0.3, 0.4) is 0 Å². The number of carboxylic acid groups (broad SMARTS) is 1. The van der Waals surface area contributed by atoms with Gasteiger partial charge in [-0.3, -0.25) is 4.79 Å². The zero-order valence-corrected chi connectivity index (χ0v) is 4.37. The summed E-state index contributed by atoms with van der Waals surface area (Å²) in [5.41, 5.74) is 0. The Bertz CT molecular complexity index is 70.1. The van der Waals surface area contributed by atoms with E-state index in [4.69, 9.17) is 10.2 Å². The predicted molar refractivity (Wildman–Crippen MR) is 27.4 cm³/mol. The molecule has 0 aromatic carbocycles. The molecule has 3 heteroatoms. The Morgan fingerprint density at radius 2 is 2.12 bits per heavy atom. The molecule has 0 aliphatic heterocycles. The van der Waals surface area contributed by atoms with E-state index in [1.54, 1.807) is 0 Å². The molecule has 0 aliphatic carbocycles. The summed E-state index contributed by atoms with van der Waals surface area (Å²) in [5, 5.41) is 16.0. The van der Waals surface area contributed by atoms with Crippen LogP contribution < -0.4 is 0 Å². The number of carboxylic acids is 1. The molecule has 0 aromatic heterocycles. The third kappa shape index (κ3) is 5.43. The van der Waals surface area contributed by atoms with Crippen molar-refractivity contribution in [3.63, 3.8) is 0 Å². The van der Waals surface area contributed by atoms with Crippen LogP contribution >= 0.6 is 0 Å². The molecular weight excluding hydrogens is 108 g/mol. The minimum Gasteiger partial charge on any atom is -0.481 e. The van der Waals surface area contributed by atoms with Gasteiger partial charge in [-0.25, -0.2) is 0 Å². The van der Waals surface area contributed by atoms with Crippen LogP contribution in [0, 0.1) is 13.0 Å². The van der Waals surface area contributed by atoms with Gasteiger partial charge in [0.15, 0.2) is 0 Å². The largest absolute Gasteiger partial charge is 0.481 e. The molecule has 0 saturated carbocycles. The van der Waals surface area contributed by atoms with Crippen LogP contribution in [0.1, 0.15) is 12.8 Å². The van der Waals surface area contributed by atoms with Crippen molar-refractivity contribution in [1.82, 2.24) is 0 Å². The molecular formula is C5H8O3. The van der Waals surface area contributed by atoms with E-state index in [1.807, 2.05) is 0 Å². The number of unbranched alkanes of at least 4 members (excludes halogenated alkanes) is 1. The molecule has 0 spiro atoms.